The fraction of sp³-hybridized carbons (Fsp3) is 0.480. The van der Waals surface area contributed by atoms with E-state index in [1.165, 1.54) is 11.1 Å². The molecule has 4 rings (SSSR count). The summed E-state index contributed by atoms with van der Waals surface area (Å²) in [6, 6.07) is 16.5. The fourth-order valence-corrected chi connectivity index (χ4v) is 4.01. The van der Waals surface area contributed by atoms with Crippen molar-refractivity contribution in [1.82, 2.24) is 15.5 Å². The van der Waals surface area contributed by atoms with Crippen molar-refractivity contribution < 1.29 is 14.2 Å². The zero-order valence-electron chi connectivity index (χ0n) is 19.0. The first-order valence-corrected chi connectivity index (χ1v) is 11.5. The van der Waals surface area contributed by atoms with Gasteiger partial charge in [-0.05, 0) is 37.1 Å². The number of hydrogen-bond acceptors (Lipinski definition) is 5. The van der Waals surface area contributed by atoms with Crippen molar-refractivity contribution in [3.8, 4) is 11.5 Å². The number of benzene rings is 2. The summed E-state index contributed by atoms with van der Waals surface area (Å²) in [6.45, 7) is 10.5. The van der Waals surface area contributed by atoms with Crippen LogP contribution in [0, 0.1) is 0 Å². The van der Waals surface area contributed by atoms with Crippen LogP contribution in [0.5, 0.6) is 11.5 Å². The zero-order valence-corrected chi connectivity index (χ0v) is 19.0. The minimum Gasteiger partial charge on any atom is -0.486 e. The zero-order chi connectivity index (χ0) is 22.2. The van der Waals surface area contributed by atoms with Gasteiger partial charge in [0, 0.05) is 26.2 Å². The maximum Gasteiger partial charge on any atom is 0.191 e. The Bertz CT molecular complexity index is 904. The molecule has 2 aromatic rings. The number of morpholine rings is 1. The molecule has 7 heteroatoms. The Kier molecular flexibility index (Phi) is 7.85. The quantitative estimate of drug-likeness (QED) is 0.512. The average molecular weight is 439 g/mol. The molecule has 0 spiro atoms. The second-order valence-corrected chi connectivity index (χ2v) is 8.31. The van der Waals surface area contributed by atoms with Gasteiger partial charge in [-0.2, -0.15) is 0 Å². The molecule has 0 saturated carbocycles. The summed E-state index contributed by atoms with van der Waals surface area (Å²) in [5.41, 5.74) is 2.52. The third kappa shape index (κ3) is 6.37. The van der Waals surface area contributed by atoms with E-state index in [1.54, 1.807) is 0 Å². The molecule has 7 nitrogen and oxygen atoms in total. The Labute approximate surface area is 190 Å². The lowest BCUT2D eigenvalue weighted by Gasteiger charge is -2.31. The summed E-state index contributed by atoms with van der Waals surface area (Å²) in [6.07, 6.45) is 0.241. The van der Waals surface area contributed by atoms with Crippen LogP contribution in [-0.2, 0) is 17.8 Å². The van der Waals surface area contributed by atoms with E-state index in [2.05, 4.69) is 53.6 Å². The molecule has 2 N–H and O–H groups in total. The van der Waals surface area contributed by atoms with E-state index in [1.807, 2.05) is 24.3 Å². The molecule has 2 aliphatic rings. The number of ether oxygens (including phenoxy) is 3. The molecule has 2 aromatic carbocycles. The number of para-hydroxylation sites is 2. The third-order valence-corrected chi connectivity index (χ3v) is 5.55. The lowest BCUT2D eigenvalue weighted by molar-refractivity contribution is -0.0212. The van der Waals surface area contributed by atoms with Crippen LogP contribution in [0.2, 0.25) is 0 Å². The first-order valence-electron chi connectivity index (χ1n) is 11.5. The van der Waals surface area contributed by atoms with E-state index in [0.717, 1.165) is 50.2 Å². The van der Waals surface area contributed by atoms with Crippen molar-refractivity contribution in [3.63, 3.8) is 0 Å². The van der Waals surface area contributed by atoms with Gasteiger partial charge in [-0.3, -0.25) is 4.90 Å². The molecule has 2 unspecified atom stereocenters. The molecule has 2 aliphatic heterocycles. The minimum absolute atomic E-state index is 0.0620. The smallest absolute Gasteiger partial charge is 0.191 e. The molecule has 0 amide bonds. The molecule has 1 saturated heterocycles. The number of hydrogen-bond donors (Lipinski definition) is 2. The predicted octanol–water partition coefficient (Wildman–Crippen LogP) is 2.80. The molecule has 0 aliphatic carbocycles. The lowest BCUT2D eigenvalue weighted by atomic mass is 10.1. The Morgan fingerprint density at radius 2 is 1.94 bits per heavy atom. The molecule has 1 fully saturated rings. The van der Waals surface area contributed by atoms with E-state index in [0.29, 0.717) is 25.8 Å². The molecule has 32 heavy (non-hydrogen) atoms. The molecular formula is C25H34N4O3. The van der Waals surface area contributed by atoms with E-state index in [-0.39, 0.29) is 6.10 Å². The second-order valence-electron chi connectivity index (χ2n) is 8.31. The van der Waals surface area contributed by atoms with Crippen LogP contribution in [0.25, 0.3) is 0 Å². The first-order chi connectivity index (χ1) is 15.7. The number of nitrogens with one attached hydrogen (secondary N) is 2. The normalized spacial score (nSPS) is 21.2. The van der Waals surface area contributed by atoms with Crippen molar-refractivity contribution in [2.45, 2.75) is 39.1 Å². The number of fused-ring (bicyclic) bond motifs is 1. The Balaban J connectivity index is 1.31. The van der Waals surface area contributed by atoms with Gasteiger partial charge in [0.25, 0.3) is 0 Å². The summed E-state index contributed by atoms with van der Waals surface area (Å²) in [5, 5.41) is 6.71. The van der Waals surface area contributed by atoms with Crippen LogP contribution in [0.1, 0.15) is 25.0 Å². The highest BCUT2D eigenvalue weighted by atomic mass is 16.6. The summed E-state index contributed by atoms with van der Waals surface area (Å²) in [7, 11) is 0. The van der Waals surface area contributed by atoms with Crippen LogP contribution in [-0.4, -0.2) is 62.5 Å². The molecular weight excluding hydrogens is 404 g/mol. The number of rotatable bonds is 7. The molecule has 2 heterocycles. The van der Waals surface area contributed by atoms with Gasteiger partial charge in [0.15, 0.2) is 17.5 Å². The van der Waals surface area contributed by atoms with Gasteiger partial charge in [-0.15, -0.1) is 0 Å². The Hall–Kier alpha value is -2.77. The maximum absolute atomic E-state index is 6.03. The molecule has 0 radical (unpaired) electrons. The number of nitrogens with zero attached hydrogens (tertiary/aromatic N) is 2. The molecule has 0 bridgehead atoms. The van der Waals surface area contributed by atoms with Gasteiger partial charge in [0.05, 0.1) is 25.8 Å². The van der Waals surface area contributed by atoms with E-state index in [9.17, 15) is 0 Å². The summed E-state index contributed by atoms with van der Waals surface area (Å²) in [4.78, 5) is 7.23. The molecule has 2 atom stereocenters. The monoisotopic (exact) mass is 438 g/mol. The van der Waals surface area contributed by atoms with E-state index >= 15 is 0 Å². The van der Waals surface area contributed by atoms with Gasteiger partial charge in [-0.25, -0.2) is 4.99 Å². The Morgan fingerprint density at radius 1 is 1.09 bits per heavy atom. The first kappa shape index (κ1) is 22.4. The second kappa shape index (κ2) is 11.2. The highest BCUT2D eigenvalue weighted by Crippen LogP contribution is 2.30. The van der Waals surface area contributed by atoms with Crippen molar-refractivity contribution in [2.24, 2.45) is 4.99 Å². The molecule has 172 valence electrons. The SMILES string of the molecule is CCNC(=NCc1cccc(CN2CCOC(C)C2)c1)NCC1COc2ccccc2O1. The van der Waals surface area contributed by atoms with Gasteiger partial charge in [0.2, 0.25) is 0 Å². The minimum atomic E-state index is -0.0620. The maximum atomic E-state index is 6.03. The van der Waals surface area contributed by atoms with E-state index < -0.39 is 0 Å². The van der Waals surface area contributed by atoms with Crippen LogP contribution in [0.15, 0.2) is 53.5 Å². The van der Waals surface area contributed by atoms with Crippen LogP contribution >= 0.6 is 0 Å². The fourth-order valence-electron chi connectivity index (χ4n) is 4.01. The van der Waals surface area contributed by atoms with Gasteiger partial charge < -0.3 is 24.8 Å². The number of guanidine groups is 1. The van der Waals surface area contributed by atoms with Crippen molar-refractivity contribution in [1.29, 1.82) is 0 Å². The van der Waals surface area contributed by atoms with Crippen molar-refractivity contribution in [2.75, 3.05) is 39.4 Å². The molecule has 0 aromatic heterocycles. The van der Waals surface area contributed by atoms with Gasteiger partial charge >= 0.3 is 0 Å². The summed E-state index contributed by atoms with van der Waals surface area (Å²) < 4.78 is 17.5. The van der Waals surface area contributed by atoms with Crippen LogP contribution in [0.3, 0.4) is 0 Å². The van der Waals surface area contributed by atoms with Crippen molar-refractivity contribution >= 4 is 5.96 Å². The lowest BCUT2D eigenvalue weighted by Crippen LogP contribution is -2.45. The summed E-state index contributed by atoms with van der Waals surface area (Å²) >= 11 is 0. The highest BCUT2D eigenvalue weighted by molar-refractivity contribution is 5.79. The average Bonchev–Trinajstić information content (AvgIpc) is 2.81. The third-order valence-electron chi connectivity index (χ3n) is 5.55. The van der Waals surface area contributed by atoms with Crippen LogP contribution < -0.4 is 20.1 Å². The number of aliphatic imine (C=N–C) groups is 1. The highest BCUT2D eigenvalue weighted by Gasteiger charge is 2.20. The van der Waals surface area contributed by atoms with E-state index in [4.69, 9.17) is 19.2 Å². The van der Waals surface area contributed by atoms with Gasteiger partial charge in [0.1, 0.15) is 12.7 Å². The van der Waals surface area contributed by atoms with Gasteiger partial charge in [-0.1, -0.05) is 36.4 Å². The van der Waals surface area contributed by atoms with Crippen molar-refractivity contribution in [3.05, 3.63) is 59.7 Å². The largest absolute Gasteiger partial charge is 0.486 e. The summed E-state index contributed by atoms with van der Waals surface area (Å²) in [5.74, 6) is 2.37. The topological polar surface area (TPSA) is 67.4 Å². The van der Waals surface area contributed by atoms with Crippen LogP contribution in [0.4, 0.5) is 0 Å². The standard InChI is InChI=1S/C25H34N4O3/c1-3-26-25(28-15-22-18-31-23-9-4-5-10-24(23)32-22)27-14-20-7-6-8-21(13-20)17-29-11-12-30-19(2)16-29/h4-10,13,19,22H,3,11-12,14-18H2,1-2H3,(H2,26,27,28). The Morgan fingerprint density at radius 3 is 2.78 bits per heavy atom. The predicted molar refractivity (Wildman–Crippen MR) is 126 cm³/mol.